The molecule has 9 nitrogen and oxygen atoms in total. The number of esters is 3. The van der Waals surface area contributed by atoms with Gasteiger partial charge in [-0.05, 0) is 64.1 Å². The maximum absolute atomic E-state index is 12.4. The lowest BCUT2D eigenvalue weighted by molar-refractivity contribution is -0.132. The molecule has 2 aromatic carbocycles. The molecule has 0 unspecified atom stereocenters. The molecule has 0 aliphatic carbocycles. The minimum absolute atomic E-state index is 0.0137. The van der Waals surface area contributed by atoms with Crippen LogP contribution in [0.4, 0.5) is 11.4 Å². The molecule has 2 aromatic rings. The van der Waals surface area contributed by atoms with Crippen molar-refractivity contribution >= 4 is 29.3 Å². The zero-order valence-corrected chi connectivity index (χ0v) is 19.6. The van der Waals surface area contributed by atoms with E-state index in [4.69, 9.17) is 18.9 Å². The zero-order chi connectivity index (χ0) is 24.5. The summed E-state index contributed by atoms with van der Waals surface area (Å²) in [6, 6.07) is 9.40. The third-order valence-corrected chi connectivity index (χ3v) is 3.93. The van der Waals surface area contributed by atoms with E-state index in [1.807, 2.05) is 13.8 Å². The Balaban J connectivity index is 2.34. The van der Waals surface area contributed by atoms with Crippen molar-refractivity contribution in [1.29, 1.82) is 0 Å². The van der Waals surface area contributed by atoms with Crippen LogP contribution in [0.5, 0.6) is 11.5 Å². The van der Waals surface area contributed by atoms with E-state index < -0.39 is 17.9 Å². The summed E-state index contributed by atoms with van der Waals surface area (Å²) >= 11 is 0. The Kier molecular flexibility index (Phi) is 9.23. The van der Waals surface area contributed by atoms with Crippen LogP contribution in [0.2, 0.25) is 0 Å². The van der Waals surface area contributed by atoms with E-state index in [2.05, 4.69) is 10.2 Å². The zero-order valence-electron chi connectivity index (χ0n) is 19.6. The molecule has 0 fully saturated rings. The summed E-state index contributed by atoms with van der Waals surface area (Å²) < 4.78 is 21.2. The van der Waals surface area contributed by atoms with Crippen LogP contribution in [0.1, 0.15) is 57.5 Å². The van der Waals surface area contributed by atoms with Gasteiger partial charge in [0.2, 0.25) is 0 Å². The van der Waals surface area contributed by atoms with Gasteiger partial charge in [-0.25, -0.2) is 4.79 Å². The van der Waals surface area contributed by atoms with Gasteiger partial charge in [-0.1, -0.05) is 0 Å². The molecule has 0 atom stereocenters. The van der Waals surface area contributed by atoms with Crippen molar-refractivity contribution in [3.63, 3.8) is 0 Å². The monoisotopic (exact) mass is 456 g/mol. The highest BCUT2D eigenvalue weighted by Crippen LogP contribution is 2.30. The molecule has 0 radical (unpaired) electrons. The van der Waals surface area contributed by atoms with Crippen molar-refractivity contribution in [3.05, 3.63) is 47.5 Å². The number of benzene rings is 2. The van der Waals surface area contributed by atoms with Gasteiger partial charge in [-0.15, -0.1) is 0 Å². The third kappa shape index (κ3) is 8.46. The number of ether oxygens (including phenoxy) is 4. The smallest absolute Gasteiger partial charge is 0.342 e. The number of carbonyl (C=O) groups is 3. The Bertz CT molecular complexity index is 1050. The molecule has 0 heterocycles. The summed E-state index contributed by atoms with van der Waals surface area (Å²) in [5.74, 6) is -1.19. The molecule has 0 N–H and O–H groups in total. The average molecular weight is 456 g/mol. The van der Waals surface area contributed by atoms with Gasteiger partial charge < -0.3 is 18.9 Å². The van der Waals surface area contributed by atoms with Crippen LogP contribution in [0.25, 0.3) is 0 Å². The summed E-state index contributed by atoms with van der Waals surface area (Å²) in [5, 5.41) is 8.38. The van der Waals surface area contributed by atoms with Crippen molar-refractivity contribution in [2.75, 3.05) is 0 Å². The number of carbonyl (C=O) groups excluding carboxylic acids is 3. The van der Waals surface area contributed by atoms with Crippen LogP contribution < -0.4 is 9.47 Å². The SMILES string of the molecule is CC(=O)Oc1ccc(N=Nc2ccc(OC(C)=O)c(C(=O)OC(C)C)c2)cc1COC(C)C. The molecule has 0 spiro atoms. The molecule has 0 bridgehead atoms. The van der Waals surface area contributed by atoms with Crippen LogP contribution in [-0.4, -0.2) is 30.1 Å². The Morgan fingerprint density at radius 3 is 1.88 bits per heavy atom. The fourth-order valence-electron chi connectivity index (χ4n) is 2.63. The predicted octanol–water partition coefficient (Wildman–Crippen LogP) is 5.44. The molecule has 0 aliphatic heterocycles. The summed E-state index contributed by atoms with van der Waals surface area (Å²) in [7, 11) is 0. The minimum Gasteiger partial charge on any atom is -0.459 e. The van der Waals surface area contributed by atoms with Crippen LogP contribution in [0, 0.1) is 0 Å². The van der Waals surface area contributed by atoms with Gasteiger partial charge in [0.25, 0.3) is 0 Å². The second kappa shape index (κ2) is 11.9. The van der Waals surface area contributed by atoms with Gasteiger partial charge in [0.1, 0.15) is 17.1 Å². The fourth-order valence-corrected chi connectivity index (χ4v) is 2.63. The van der Waals surface area contributed by atoms with Gasteiger partial charge >= 0.3 is 17.9 Å². The third-order valence-electron chi connectivity index (χ3n) is 3.93. The maximum atomic E-state index is 12.4. The molecule has 0 saturated carbocycles. The van der Waals surface area contributed by atoms with E-state index in [-0.39, 0.29) is 30.1 Å². The van der Waals surface area contributed by atoms with Gasteiger partial charge in [0.05, 0.1) is 30.2 Å². The predicted molar refractivity (Wildman–Crippen MR) is 120 cm³/mol. The molecular weight excluding hydrogens is 428 g/mol. The lowest BCUT2D eigenvalue weighted by Gasteiger charge is -2.12. The molecule has 2 rings (SSSR count). The topological polar surface area (TPSA) is 113 Å². The standard InChI is InChI=1S/C24H28N2O7/c1-14(2)30-13-18-11-19(7-9-22(18)32-16(5)27)25-26-20-8-10-23(33-17(6)28)21(12-20)24(29)31-15(3)4/h7-12,14-15H,13H2,1-6H3. The second-order valence-corrected chi connectivity index (χ2v) is 7.67. The van der Waals surface area contributed by atoms with Crippen molar-refractivity contribution < 1.29 is 33.3 Å². The molecular formula is C24H28N2O7. The first-order chi connectivity index (χ1) is 15.5. The number of nitrogens with zero attached hydrogens (tertiary/aromatic N) is 2. The van der Waals surface area contributed by atoms with E-state index in [1.165, 1.54) is 26.0 Å². The van der Waals surface area contributed by atoms with E-state index in [9.17, 15) is 14.4 Å². The summed E-state index contributed by atoms with van der Waals surface area (Å²) in [6.07, 6.45) is -0.365. The Morgan fingerprint density at radius 1 is 0.788 bits per heavy atom. The largest absolute Gasteiger partial charge is 0.459 e. The number of hydrogen-bond donors (Lipinski definition) is 0. The highest BCUT2D eigenvalue weighted by atomic mass is 16.6. The van der Waals surface area contributed by atoms with Crippen molar-refractivity contribution in [1.82, 2.24) is 0 Å². The van der Waals surface area contributed by atoms with Gasteiger partial charge in [0, 0.05) is 19.4 Å². The Morgan fingerprint density at radius 2 is 1.33 bits per heavy atom. The van der Waals surface area contributed by atoms with E-state index in [1.54, 1.807) is 38.1 Å². The summed E-state index contributed by atoms with van der Waals surface area (Å²) in [5.41, 5.74) is 1.54. The van der Waals surface area contributed by atoms with Gasteiger partial charge in [-0.3, -0.25) is 9.59 Å². The van der Waals surface area contributed by atoms with Crippen molar-refractivity contribution in [2.24, 2.45) is 10.2 Å². The second-order valence-electron chi connectivity index (χ2n) is 7.67. The minimum atomic E-state index is -0.642. The highest BCUT2D eigenvalue weighted by molar-refractivity contribution is 5.94. The first-order valence-electron chi connectivity index (χ1n) is 10.4. The van der Waals surface area contributed by atoms with E-state index >= 15 is 0 Å². The molecule has 0 aliphatic rings. The first kappa shape index (κ1) is 25.7. The highest BCUT2D eigenvalue weighted by Gasteiger charge is 2.18. The lowest BCUT2D eigenvalue weighted by Crippen LogP contribution is -2.14. The van der Waals surface area contributed by atoms with Crippen LogP contribution in [-0.2, 0) is 25.7 Å². The van der Waals surface area contributed by atoms with E-state index in [0.717, 1.165) is 0 Å². The Labute approximate surface area is 192 Å². The van der Waals surface area contributed by atoms with Crippen LogP contribution in [0.15, 0.2) is 46.6 Å². The molecule has 0 aromatic heterocycles. The summed E-state index contributed by atoms with van der Waals surface area (Å²) in [4.78, 5) is 35.2. The normalized spacial score (nSPS) is 11.2. The first-order valence-corrected chi connectivity index (χ1v) is 10.4. The molecule has 176 valence electrons. The summed E-state index contributed by atoms with van der Waals surface area (Å²) in [6.45, 7) is 10.0. The van der Waals surface area contributed by atoms with E-state index in [0.29, 0.717) is 22.7 Å². The fraction of sp³-hybridized carbons (Fsp3) is 0.375. The lowest BCUT2D eigenvalue weighted by atomic mass is 10.1. The molecule has 0 saturated heterocycles. The maximum Gasteiger partial charge on any atom is 0.342 e. The number of hydrogen-bond acceptors (Lipinski definition) is 9. The van der Waals surface area contributed by atoms with Crippen molar-refractivity contribution in [2.45, 2.75) is 60.4 Å². The van der Waals surface area contributed by atoms with Crippen LogP contribution >= 0.6 is 0 Å². The number of rotatable bonds is 9. The average Bonchev–Trinajstić information content (AvgIpc) is 2.71. The Hall–Kier alpha value is -3.59. The van der Waals surface area contributed by atoms with Gasteiger partial charge in [-0.2, -0.15) is 10.2 Å². The van der Waals surface area contributed by atoms with Crippen molar-refractivity contribution in [3.8, 4) is 11.5 Å². The van der Waals surface area contributed by atoms with Crippen LogP contribution in [0.3, 0.4) is 0 Å². The molecule has 9 heteroatoms. The quantitative estimate of drug-likeness (QED) is 0.280. The van der Waals surface area contributed by atoms with Gasteiger partial charge in [0.15, 0.2) is 0 Å². The molecule has 0 amide bonds. The molecule has 33 heavy (non-hydrogen) atoms. The number of azo groups is 1.